The van der Waals surface area contributed by atoms with Gasteiger partial charge in [0.05, 0.1) is 6.10 Å². The highest BCUT2D eigenvalue weighted by molar-refractivity contribution is 4.46. The molecule has 0 saturated carbocycles. The Labute approximate surface area is 64.7 Å². The molecule has 0 aliphatic heterocycles. The molecule has 1 unspecified atom stereocenters. The van der Waals surface area contributed by atoms with Gasteiger partial charge in [0.1, 0.15) is 0 Å². The van der Waals surface area contributed by atoms with Gasteiger partial charge in [0.2, 0.25) is 0 Å². The van der Waals surface area contributed by atoms with E-state index < -0.39 is 0 Å². The average Bonchev–Trinajstić information content (AvgIpc) is 2.04. The van der Waals surface area contributed by atoms with Crippen molar-refractivity contribution in [3.05, 3.63) is 0 Å². The lowest BCUT2D eigenvalue weighted by molar-refractivity contribution is 0.0592. The van der Waals surface area contributed by atoms with Crippen LogP contribution in [0.15, 0.2) is 0 Å². The molecule has 0 saturated heterocycles. The van der Waals surface area contributed by atoms with Crippen molar-refractivity contribution in [2.24, 2.45) is 5.90 Å². The fourth-order valence-electron chi connectivity index (χ4n) is 0.560. The molecule has 0 aromatic rings. The number of nitrogens with two attached hydrogens (primary N) is 1. The predicted molar refractivity (Wildman–Crippen MR) is 45.6 cm³/mol. The lowest BCUT2D eigenvalue weighted by Crippen LogP contribution is -2.12. The molecule has 2 nitrogen and oxygen atoms in total. The minimum atomic E-state index is 0.231. The van der Waals surface area contributed by atoms with Crippen LogP contribution >= 0.6 is 0 Å². The molecule has 0 bridgehead atoms. The van der Waals surface area contributed by atoms with E-state index in [-0.39, 0.29) is 6.10 Å². The van der Waals surface area contributed by atoms with E-state index in [2.05, 4.69) is 11.8 Å². The van der Waals surface area contributed by atoms with Gasteiger partial charge in [-0.15, -0.1) is 0 Å². The average molecular weight is 147 g/mol. The summed E-state index contributed by atoms with van der Waals surface area (Å²) in [5, 5.41) is 0. The maximum atomic E-state index is 4.91. The van der Waals surface area contributed by atoms with E-state index in [1.807, 2.05) is 20.8 Å². The van der Waals surface area contributed by atoms with Gasteiger partial charge in [-0.25, -0.2) is 5.90 Å². The second kappa shape index (κ2) is 11.7. The second-order valence-electron chi connectivity index (χ2n) is 2.09. The molecule has 0 heterocycles. The first-order chi connectivity index (χ1) is 4.81. The topological polar surface area (TPSA) is 35.2 Å². The molecule has 0 aromatic heterocycles. The van der Waals surface area contributed by atoms with E-state index in [1.165, 1.54) is 12.8 Å². The maximum Gasteiger partial charge on any atom is 0.0759 e. The Morgan fingerprint density at radius 3 is 2.20 bits per heavy atom. The first-order valence-corrected chi connectivity index (χ1v) is 4.16. The summed E-state index contributed by atoms with van der Waals surface area (Å²) in [5.74, 6) is 4.91. The molecule has 64 valence electrons. The van der Waals surface area contributed by atoms with Crippen LogP contribution < -0.4 is 5.90 Å². The van der Waals surface area contributed by atoms with Crippen molar-refractivity contribution in [1.82, 2.24) is 0 Å². The van der Waals surface area contributed by atoms with Crippen LogP contribution in [0.5, 0.6) is 0 Å². The number of unbranched alkanes of at least 4 members (excludes halogenated alkanes) is 1. The smallest absolute Gasteiger partial charge is 0.0759 e. The van der Waals surface area contributed by atoms with E-state index >= 15 is 0 Å². The molecule has 0 radical (unpaired) electrons. The molecule has 0 spiro atoms. The van der Waals surface area contributed by atoms with Gasteiger partial charge in [-0.05, 0) is 13.3 Å². The fraction of sp³-hybridized carbons (Fsp3) is 1.00. The Balaban J connectivity index is 0. The highest BCUT2D eigenvalue weighted by Gasteiger charge is 1.95. The van der Waals surface area contributed by atoms with Crippen LogP contribution in [0.3, 0.4) is 0 Å². The SMILES string of the molecule is CC.CCCCC(C)ON. The van der Waals surface area contributed by atoms with Crippen LogP contribution in [-0.2, 0) is 4.84 Å². The zero-order chi connectivity index (χ0) is 8.41. The van der Waals surface area contributed by atoms with E-state index in [9.17, 15) is 0 Å². The lowest BCUT2D eigenvalue weighted by atomic mass is 10.2. The monoisotopic (exact) mass is 147 g/mol. The normalized spacial score (nSPS) is 11.7. The molecule has 0 aliphatic rings. The molecular formula is C8H21NO. The first-order valence-electron chi connectivity index (χ1n) is 4.16. The van der Waals surface area contributed by atoms with Crippen LogP contribution in [0, 0.1) is 0 Å². The summed E-state index contributed by atoms with van der Waals surface area (Å²) in [6.07, 6.45) is 3.73. The molecule has 0 amide bonds. The Morgan fingerprint density at radius 1 is 1.40 bits per heavy atom. The van der Waals surface area contributed by atoms with Gasteiger partial charge < -0.3 is 4.84 Å². The van der Waals surface area contributed by atoms with Gasteiger partial charge in [0, 0.05) is 0 Å². The number of hydrogen-bond acceptors (Lipinski definition) is 2. The first kappa shape index (κ1) is 12.6. The van der Waals surface area contributed by atoms with Gasteiger partial charge >= 0.3 is 0 Å². The van der Waals surface area contributed by atoms with Crippen molar-refractivity contribution in [1.29, 1.82) is 0 Å². The number of hydrogen-bond donors (Lipinski definition) is 1. The minimum absolute atomic E-state index is 0.231. The summed E-state index contributed by atoms with van der Waals surface area (Å²) in [5.41, 5.74) is 0. The maximum absolute atomic E-state index is 4.91. The van der Waals surface area contributed by atoms with Gasteiger partial charge in [0.15, 0.2) is 0 Å². The van der Waals surface area contributed by atoms with E-state index in [0.717, 1.165) is 6.42 Å². The van der Waals surface area contributed by atoms with Crippen molar-refractivity contribution in [3.63, 3.8) is 0 Å². The third-order valence-corrected chi connectivity index (χ3v) is 1.20. The molecule has 2 N–H and O–H groups in total. The Kier molecular flexibility index (Phi) is 14.7. The number of rotatable bonds is 4. The highest BCUT2D eigenvalue weighted by atomic mass is 16.6. The van der Waals surface area contributed by atoms with E-state index in [4.69, 9.17) is 5.90 Å². The van der Waals surface area contributed by atoms with Crippen molar-refractivity contribution in [3.8, 4) is 0 Å². The lowest BCUT2D eigenvalue weighted by Gasteiger charge is -2.05. The summed E-state index contributed by atoms with van der Waals surface area (Å²) >= 11 is 0. The van der Waals surface area contributed by atoms with Crippen molar-refractivity contribution in [2.75, 3.05) is 0 Å². The molecule has 2 heteroatoms. The van der Waals surface area contributed by atoms with Crippen LogP contribution in [-0.4, -0.2) is 6.10 Å². The molecule has 0 aromatic carbocycles. The van der Waals surface area contributed by atoms with Crippen LogP contribution in [0.4, 0.5) is 0 Å². The summed E-state index contributed by atoms with van der Waals surface area (Å²) in [6, 6.07) is 0. The van der Waals surface area contributed by atoms with Gasteiger partial charge in [0.25, 0.3) is 0 Å². The van der Waals surface area contributed by atoms with Gasteiger partial charge in [-0.2, -0.15) is 0 Å². The molecule has 0 fully saturated rings. The van der Waals surface area contributed by atoms with Gasteiger partial charge in [-0.3, -0.25) is 0 Å². The third kappa shape index (κ3) is 10.8. The zero-order valence-electron chi connectivity index (χ0n) is 7.68. The summed E-state index contributed by atoms with van der Waals surface area (Å²) in [4.78, 5) is 4.55. The molecular weight excluding hydrogens is 126 g/mol. The summed E-state index contributed by atoms with van der Waals surface area (Å²) in [6.45, 7) is 8.14. The predicted octanol–water partition coefficient (Wildman–Crippen LogP) is 2.48. The van der Waals surface area contributed by atoms with E-state index in [0.29, 0.717) is 0 Å². The van der Waals surface area contributed by atoms with Crippen LogP contribution in [0.25, 0.3) is 0 Å². The van der Waals surface area contributed by atoms with Crippen LogP contribution in [0.2, 0.25) is 0 Å². The van der Waals surface area contributed by atoms with E-state index in [1.54, 1.807) is 0 Å². The Bertz CT molecular complexity index is 48.5. The van der Waals surface area contributed by atoms with Gasteiger partial charge in [-0.1, -0.05) is 33.6 Å². The summed E-state index contributed by atoms with van der Waals surface area (Å²) in [7, 11) is 0. The molecule has 10 heavy (non-hydrogen) atoms. The Hall–Kier alpha value is -0.0800. The van der Waals surface area contributed by atoms with Crippen LogP contribution in [0.1, 0.15) is 47.0 Å². The summed E-state index contributed by atoms with van der Waals surface area (Å²) < 4.78 is 0. The highest BCUT2D eigenvalue weighted by Crippen LogP contribution is 2.00. The van der Waals surface area contributed by atoms with Crippen molar-refractivity contribution < 1.29 is 4.84 Å². The van der Waals surface area contributed by atoms with Crippen molar-refractivity contribution >= 4 is 0 Å². The minimum Gasteiger partial charge on any atom is -0.302 e. The standard InChI is InChI=1S/C6H15NO.C2H6/c1-3-4-5-6(2)8-7;1-2/h6H,3-5,7H2,1-2H3;1-2H3. The molecule has 0 rings (SSSR count). The third-order valence-electron chi connectivity index (χ3n) is 1.20. The largest absolute Gasteiger partial charge is 0.302 e. The Morgan fingerprint density at radius 2 is 1.90 bits per heavy atom. The zero-order valence-corrected chi connectivity index (χ0v) is 7.68. The molecule has 0 aliphatic carbocycles. The molecule has 1 atom stereocenters. The van der Waals surface area contributed by atoms with Crippen molar-refractivity contribution in [2.45, 2.75) is 53.1 Å². The quantitative estimate of drug-likeness (QED) is 0.620. The second-order valence-corrected chi connectivity index (χ2v) is 2.09. The fourth-order valence-corrected chi connectivity index (χ4v) is 0.560.